The molecule has 0 fully saturated rings. The molecule has 134 valence electrons. The molecule has 1 atom stereocenters. The lowest BCUT2D eigenvalue weighted by atomic mass is 10.1. The maximum absolute atomic E-state index is 12.6. The fraction of sp³-hybridized carbons (Fsp3) is 0.316. The maximum atomic E-state index is 12.6. The van der Waals surface area contributed by atoms with Crippen LogP contribution < -0.4 is 24.3 Å². The molecule has 0 saturated heterocycles. The molecule has 1 amide bonds. The highest BCUT2D eigenvalue weighted by atomic mass is 16.5. The summed E-state index contributed by atoms with van der Waals surface area (Å²) in [5.41, 5.74) is 1.31. The zero-order valence-electron chi connectivity index (χ0n) is 15.1. The minimum Gasteiger partial charge on any atom is -0.497 e. The molecule has 2 rings (SSSR count). The minimum absolute atomic E-state index is 0.224. The van der Waals surface area contributed by atoms with Crippen molar-refractivity contribution in [3.05, 3.63) is 47.5 Å². The van der Waals surface area contributed by atoms with Gasteiger partial charge in [0.05, 0.1) is 34.5 Å². The van der Waals surface area contributed by atoms with Crippen LogP contribution >= 0.6 is 0 Å². The van der Waals surface area contributed by atoms with Gasteiger partial charge in [-0.25, -0.2) is 0 Å². The van der Waals surface area contributed by atoms with Gasteiger partial charge in [0.15, 0.2) is 11.5 Å². The molecule has 6 heteroatoms. The third-order valence-corrected chi connectivity index (χ3v) is 3.90. The molecule has 0 aliphatic carbocycles. The van der Waals surface area contributed by atoms with E-state index in [2.05, 4.69) is 5.32 Å². The van der Waals surface area contributed by atoms with Crippen molar-refractivity contribution in [3.63, 3.8) is 0 Å². The summed E-state index contributed by atoms with van der Waals surface area (Å²) < 4.78 is 21.1. The number of carbonyl (C=O) groups excluding carboxylic acids is 1. The van der Waals surface area contributed by atoms with Crippen molar-refractivity contribution < 1.29 is 23.7 Å². The average molecular weight is 345 g/mol. The lowest BCUT2D eigenvalue weighted by Crippen LogP contribution is -2.27. The van der Waals surface area contributed by atoms with E-state index in [1.807, 2.05) is 25.1 Å². The Hall–Kier alpha value is -2.89. The number of methoxy groups -OCH3 is 4. The Labute approximate surface area is 147 Å². The summed E-state index contributed by atoms with van der Waals surface area (Å²) in [4.78, 5) is 12.6. The van der Waals surface area contributed by atoms with Crippen LogP contribution in [0.5, 0.6) is 23.0 Å². The van der Waals surface area contributed by atoms with E-state index in [9.17, 15) is 4.79 Å². The summed E-state index contributed by atoms with van der Waals surface area (Å²) in [7, 11) is 6.27. The van der Waals surface area contributed by atoms with E-state index in [1.165, 1.54) is 7.11 Å². The minimum atomic E-state index is -0.273. The molecule has 0 aliphatic heterocycles. The van der Waals surface area contributed by atoms with Gasteiger partial charge < -0.3 is 24.3 Å². The monoisotopic (exact) mass is 345 g/mol. The molecule has 25 heavy (non-hydrogen) atoms. The van der Waals surface area contributed by atoms with E-state index in [4.69, 9.17) is 18.9 Å². The van der Waals surface area contributed by atoms with Crippen LogP contribution in [0, 0.1) is 0 Å². The van der Waals surface area contributed by atoms with Gasteiger partial charge in [0.25, 0.3) is 5.91 Å². The second kappa shape index (κ2) is 8.28. The van der Waals surface area contributed by atoms with Crippen molar-refractivity contribution in [1.29, 1.82) is 0 Å². The van der Waals surface area contributed by atoms with Gasteiger partial charge in [0.2, 0.25) is 0 Å². The number of hydrogen-bond acceptors (Lipinski definition) is 5. The quantitative estimate of drug-likeness (QED) is 0.835. The molecule has 0 radical (unpaired) electrons. The number of carbonyl (C=O) groups is 1. The van der Waals surface area contributed by atoms with E-state index in [-0.39, 0.29) is 11.9 Å². The third-order valence-electron chi connectivity index (χ3n) is 3.90. The first-order chi connectivity index (χ1) is 12.0. The lowest BCUT2D eigenvalue weighted by molar-refractivity contribution is 0.0939. The summed E-state index contributed by atoms with van der Waals surface area (Å²) in [6.45, 7) is 1.88. The Kier molecular flexibility index (Phi) is 6.11. The second-order valence-electron chi connectivity index (χ2n) is 5.37. The van der Waals surface area contributed by atoms with Gasteiger partial charge >= 0.3 is 0 Å². The number of ether oxygens (including phenoxy) is 4. The van der Waals surface area contributed by atoms with Crippen LogP contribution in [-0.2, 0) is 0 Å². The van der Waals surface area contributed by atoms with E-state index in [0.717, 1.165) is 5.56 Å². The van der Waals surface area contributed by atoms with Crippen LogP contribution in [0.25, 0.3) is 0 Å². The molecule has 6 nitrogen and oxygen atoms in total. The molecule has 2 aromatic carbocycles. The van der Waals surface area contributed by atoms with Gasteiger partial charge in [0, 0.05) is 11.1 Å². The Balaban J connectivity index is 2.23. The highest BCUT2D eigenvalue weighted by Crippen LogP contribution is 2.30. The highest BCUT2D eigenvalue weighted by molar-refractivity contribution is 5.95. The molecule has 0 aromatic heterocycles. The topological polar surface area (TPSA) is 66.0 Å². The molecule has 0 bridgehead atoms. The van der Waals surface area contributed by atoms with E-state index in [0.29, 0.717) is 28.6 Å². The maximum Gasteiger partial charge on any atom is 0.251 e. The Bertz CT molecular complexity index is 745. The van der Waals surface area contributed by atoms with Crippen molar-refractivity contribution in [2.45, 2.75) is 13.0 Å². The predicted molar refractivity (Wildman–Crippen MR) is 95.0 cm³/mol. The van der Waals surface area contributed by atoms with Crippen LogP contribution in [0.15, 0.2) is 36.4 Å². The molecule has 0 aliphatic rings. The number of amides is 1. The smallest absolute Gasteiger partial charge is 0.251 e. The Morgan fingerprint density at radius 1 is 0.840 bits per heavy atom. The van der Waals surface area contributed by atoms with Crippen molar-refractivity contribution in [1.82, 2.24) is 5.32 Å². The van der Waals surface area contributed by atoms with E-state index in [1.54, 1.807) is 39.5 Å². The van der Waals surface area contributed by atoms with Gasteiger partial charge in [-0.2, -0.15) is 0 Å². The zero-order valence-corrected chi connectivity index (χ0v) is 15.1. The third kappa shape index (κ3) is 4.15. The number of nitrogens with one attached hydrogen (secondary N) is 1. The fourth-order valence-corrected chi connectivity index (χ4v) is 2.51. The van der Waals surface area contributed by atoms with Crippen LogP contribution in [0.4, 0.5) is 0 Å². The molecular weight excluding hydrogens is 322 g/mol. The van der Waals surface area contributed by atoms with Crippen molar-refractivity contribution in [3.8, 4) is 23.0 Å². The molecule has 0 saturated carbocycles. The van der Waals surface area contributed by atoms with Gasteiger partial charge in [-0.3, -0.25) is 4.79 Å². The van der Waals surface area contributed by atoms with Gasteiger partial charge in [-0.15, -0.1) is 0 Å². The van der Waals surface area contributed by atoms with Gasteiger partial charge in [-0.05, 0) is 43.3 Å². The summed E-state index contributed by atoms with van der Waals surface area (Å²) in [6.07, 6.45) is 0. The largest absolute Gasteiger partial charge is 0.497 e. The van der Waals surface area contributed by atoms with Crippen LogP contribution in [-0.4, -0.2) is 34.3 Å². The van der Waals surface area contributed by atoms with Crippen LogP contribution in [0.1, 0.15) is 28.9 Å². The highest BCUT2D eigenvalue weighted by Gasteiger charge is 2.17. The first-order valence-corrected chi connectivity index (χ1v) is 7.78. The first kappa shape index (κ1) is 18.4. The van der Waals surface area contributed by atoms with Crippen molar-refractivity contribution in [2.24, 2.45) is 0 Å². The molecular formula is C19H23NO5. The standard InChI is InChI=1S/C19H23NO5/c1-12(15-11-14(22-2)7-9-16(15)23-3)20-19(21)13-6-8-17(24-4)18(10-13)25-5/h6-12H,1-5H3,(H,20,21)/t12-/m0/s1. The molecule has 0 spiro atoms. The summed E-state index contributed by atoms with van der Waals surface area (Å²) >= 11 is 0. The lowest BCUT2D eigenvalue weighted by Gasteiger charge is -2.18. The van der Waals surface area contributed by atoms with Crippen molar-refractivity contribution >= 4 is 5.91 Å². The predicted octanol–water partition coefficient (Wildman–Crippen LogP) is 3.21. The number of benzene rings is 2. The van der Waals surface area contributed by atoms with Gasteiger partial charge in [-0.1, -0.05) is 0 Å². The molecule has 2 aromatic rings. The van der Waals surface area contributed by atoms with E-state index < -0.39 is 0 Å². The summed E-state index contributed by atoms with van der Waals surface area (Å²) in [5, 5.41) is 2.96. The summed E-state index contributed by atoms with van der Waals surface area (Å²) in [6, 6.07) is 10.2. The molecule has 1 N–H and O–H groups in total. The second-order valence-corrected chi connectivity index (χ2v) is 5.37. The molecule has 0 heterocycles. The Morgan fingerprint density at radius 2 is 1.48 bits per heavy atom. The average Bonchev–Trinajstić information content (AvgIpc) is 2.66. The van der Waals surface area contributed by atoms with Gasteiger partial charge in [0.1, 0.15) is 11.5 Å². The summed E-state index contributed by atoms with van der Waals surface area (Å²) in [5.74, 6) is 2.23. The van der Waals surface area contributed by atoms with Crippen LogP contribution in [0.2, 0.25) is 0 Å². The fourth-order valence-electron chi connectivity index (χ4n) is 2.51. The number of hydrogen-bond donors (Lipinski definition) is 1. The van der Waals surface area contributed by atoms with Crippen LogP contribution in [0.3, 0.4) is 0 Å². The van der Waals surface area contributed by atoms with E-state index >= 15 is 0 Å². The van der Waals surface area contributed by atoms with Crippen molar-refractivity contribution in [2.75, 3.05) is 28.4 Å². The number of rotatable bonds is 7. The normalized spacial score (nSPS) is 11.4. The first-order valence-electron chi connectivity index (χ1n) is 7.78. The zero-order chi connectivity index (χ0) is 18.4. The molecule has 0 unspecified atom stereocenters. The SMILES string of the molecule is COc1ccc(OC)c([C@H](C)NC(=O)c2ccc(OC)c(OC)c2)c1. The Morgan fingerprint density at radius 3 is 2.08 bits per heavy atom.